The standard InChI is InChI=1S/C10H11FO/c1-4-9(10(12)5-2)7-6-8(3)11/h4-7H,2-3H2,1H3/b7-6-,9-4+. The van der Waals surface area contributed by atoms with Crippen molar-refractivity contribution < 1.29 is 9.18 Å². The maximum atomic E-state index is 12.1. The molecule has 1 nitrogen and oxygen atoms in total. The number of allylic oxidation sites excluding steroid dienone is 6. The quantitative estimate of drug-likeness (QED) is 0.463. The molecule has 0 saturated heterocycles. The van der Waals surface area contributed by atoms with Crippen LogP contribution in [0.3, 0.4) is 0 Å². The maximum absolute atomic E-state index is 12.1. The van der Waals surface area contributed by atoms with Crippen molar-refractivity contribution >= 4 is 5.78 Å². The summed E-state index contributed by atoms with van der Waals surface area (Å²) in [6.07, 6.45) is 5.27. The Morgan fingerprint density at radius 2 is 2.00 bits per heavy atom. The molecular formula is C10H11FO. The lowest BCUT2D eigenvalue weighted by molar-refractivity contribution is -0.111. The average Bonchev–Trinajstić information content (AvgIpc) is 2.04. The highest BCUT2D eigenvalue weighted by Gasteiger charge is 1.98. The van der Waals surface area contributed by atoms with Crippen LogP contribution in [0.1, 0.15) is 6.92 Å². The molecule has 0 aromatic rings. The lowest BCUT2D eigenvalue weighted by Gasteiger charge is -1.92. The Labute approximate surface area is 71.6 Å². The van der Waals surface area contributed by atoms with Crippen LogP contribution in [0.4, 0.5) is 4.39 Å². The van der Waals surface area contributed by atoms with Gasteiger partial charge in [-0.1, -0.05) is 19.2 Å². The van der Waals surface area contributed by atoms with Crippen molar-refractivity contribution in [2.75, 3.05) is 0 Å². The van der Waals surface area contributed by atoms with Crippen molar-refractivity contribution in [2.45, 2.75) is 6.92 Å². The molecular weight excluding hydrogens is 155 g/mol. The van der Waals surface area contributed by atoms with E-state index in [1.54, 1.807) is 13.0 Å². The van der Waals surface area contributed by atoms with Gasteiger partial charge in [-0.05, 0) is 25.2 Å². The van der Waals surface area contributed by atoms with Crippen LogP contribution < -0.4 is 0 Å². The summed E-state index contributed by atoms with van der Waals surface area (Å²) in [5, 5.41) is 0. The molecule has 0 N–H and O–H groups in total. The van der Waals surface area contributed by atoms with E-state index >= 15 is 0 Å². The van der Waals surface area contributed by atoms with E-state index in [1.807, 2.05) is 0 Å². The molecule has 0 saturated carbocycles. The minimum atomic E-state index is -0.578. The molecule has 0 unspecified atom stereocenters. The fraction of sp³-hybridized carbons (Fsp3) is 0.100. The first-order chi connectivity index (χ1) is 5.61. The Morgan fingerprint density at radius 3 is 2.33 bits per heavy atom. The monoisotopic (exact) mass is 166 g/mol. The Morgan fingerprint density at radius 1 is 1.42 bits per heavy atom. The average molecular weight is 166 g/mol. The molecule has 0 aliphatic rings. The summed E-state index contributed by atoms with van der Waals surface area (Å²) in [5.74, 6) is -0.804. The number of carbonyl (C=O) groups is 1. The molecule has 0 aromatic heterocycles. The normalized spacial score (nSPS) is 11.7. The number of hydrogen-bond donors (Lipinski definition) is 0. The lowest BCUT2D eigenvalue weighted by Crippen LogP contribution is -1.93. The molecule has 0 amide bonds. The largest absolute Gasteiger partial charge is 0.289 e. The van der Waals surface area contributed by atoms with Gasteiger partial charge in [0.05, 0.1) is 0 Å². The molecule has 0 fully saturated rings. The van der Waals surface area contributed by atoms with Gasteiger partial charge >= 0.3 is 0 Å². The summed E-state index contributed by atoms with van der Waals surface area (Å²) in [6, 6.07) is 0. The first-order valence-electron chi connectivity index (χ1n) is 3.47. The summed E-state index contributed by atoms with van der Waals surface area (Å²) in [7, 11) is 0. The van der Waals surface area contributed by atoms with E-state index in [0.29, 0.717) is 5.57 Å². The van der Waals surface area contributed by atoms with E-state index in [1.165, 1.54) is 12.2 Å². The summed E-state index contributed by atoms with van der Waals surface area (Å²) in [4.78, 5) is 11.0. The van der Waals surface area contributed by atoms with Crippen molar-refractivity contribution in [2.24, 2.45) is 0 Å². The van der Waals surface area contributed by atoms with E-state index in [2.05, 4.69) is 13.2 Å². The fourth-order valence-corrected chi connectivity index (χ4v) is 0.619. The van der Waals surface area contributed by atoms with Crippen LogP contribution in [0.5, 0.6) is 0 Å². The van der Waals surface area contributed by atoms with Gasteiger partial charge in [-0.25, -0.2) is 4.39 Å². The van der Waals surface area contributed by atoms with Crippen LogP contribution in [-0.4, -0.2) is 5.78 Å². The molecule has 0 aliphatic heterocycles. The third-order valence-electron chi connectivity index (χ3n) is 1.22. The smallest absolute Gasteiger partial charge is 0.184 e. The highest BCUT2D eigenvalue weighted by atomic mass is 19.1. The summed E-state index contributed by atoms with van der Waals surface area (Å²) < 4.78 is 12.1. The maximum Gasteiger partial charge on any atom is 0.184 e. The molecule has 2 heteroatoms. The second-order valence-corrected chi connectivity index (χ2v) is 2.09. The third-order valence-corrected chi connectivity index (χ3v) is 1.22. The Balaban J connectivity index is 4.50. The van der Waals surface area contributed by atoms with Crippen LogP contribution in [0.15, 0.2) is 48.9 Å². The van der Waals surface area contributed by atoms with Crippen molar-refractivity contribution in [1.82, 2.24) is 0 Å². The number of rotatable bonds is 4. The molecule has 0 aromatic carbocycles. The van der Waals surface area contributed by atoms with Gasteiger partial charge in [0.1, 0.15) is 5.83 Å². The summed E-state index contributed by atoms with van der Waals surface area (Å²) >= 11 is 0. The molecule has 64 valence electrons. The summed E-state index contributed by atoms with van der Waals surface area (Å²) in [6.45, 7) is 8.04. The number of halogens is 1. The van der Waals surface area contributed by atoms with Crippen LogP contribution in [0, 0.1) is 0 Å². The highest BCUT2D eigenvalue weighted by molar-refractivity contribution is 6.05. The number of ketones is 1. The zero-order chi connectivity index (χ0) is 9.56. The second-order valence-electron chi connectivity index (χ2n) is 2.09. The van der Waals surface area contributed by atoms with Crippen molar-refractivity contribution in [1.29, 1.82) is 0 Å². The minimum absolute atomic E-state index is 0.227. The van der Waals surface area contributed by atoms with Gasteiger partial charge in [0.2, 0.25) is 0 Å². The minimum Gasteiger partial charge on any atom is -0.289 e. The van der Waals surface area contributed by atoms with E-state index in [0.717, 1.165) is 6.08 Å². The Bertz CT molecular complexity index is 259. The molecule has 0 heterocycles. The van der Waals surface area contributed by atoms with E-state index in [4.69, 9.17) is 0 Å². The van der Waals surface area contributed by atoms with Gasteiger partial charge in [0.25, 0.3) is 0 Å². The van der Waals surface area contributed by atoms with E-state index in [9.17, 15) is 9.18 Å². The van der Waals surface area contributed by atoms with Crippen LogP contribution in [0.25, 0.3) is 0 Å². The van der Waals surface area contributed by atoms with Gasteiger partial charge in [0.15, 0.2) is 5.78 Å². The zero-order valence-corrected chi connectivity index (χ0v) is 7.01. The van der Waals surface area contributed by atoms with Gasteiger partial charge in [-0.3, -0.25) is 4.79 Å². The number of carbonyl (C=O) groups excluding carboxylic acids is 1. The predicted molar refractivity (Wildman–Crippen MR) is 48.3 cm³/mol. The first-order valence-corrected chi connectivity index (χ1v) is 3.47. The summed E-state index contributed by atoms with van der Waals surface area (Å²) in [5.41, 5.74) is 0.406. The number of hydrogen-bond acceptors (Lipinski definition) is 1. The third kappa shape index (κ3) is 3.66. The van der Waals surface area contributed by atoms with Crippen molar-refractivity contribution in [3.8, 4) is 0 Å². The molecule has 0 atom stereocenters. The lowest BCUT2D eigenvalue weighted by atomic mass is 10.1. The Kier molecular flexibility index (Phi) is 4.61. The van der Waals surface area contributed by atoms with Crippen LogP contribution in [-0.2, 0) is 4.79 Å². The molecule has 0 spiro atoms. The van der Waals surface area contributed by atoms with Crippen molar-refractivity contribution in [3.05, 3.63) is 48.9 Å². The van der Waals surface area contributed by atoms with Crippen LogP contribution >= 0.6 is 0 Å². The van der Waals surface area contributed by atoms with Gasteiger partial charge in [0, 0.05) is 5.57 Å². The molecule has 12 heavy (non-hydrogen) atoms. The zero-order valence-electron chi connectivity index (χ0n) is 7.01. The molecule has 0 rings (SSSR count). The molecule has 0 radical (unpaired) electrons. The predicted octanol–water partition coefficient (Wildman–Crippen LogP) is 2.73. The molecule has 0 bridgehead atoms. The van der Waals surface area contributed by atoms with Gasteiger partial charge < -0.3 is 0 Å². The second kappa shape index (κ2) is 5.24. The van der Waals surface area contributed by atoms with E-state index in [-0.39, 0.29) is 5.78 Å². The Hall–Kier alpha value is -1.44. The molecule has 0 aliphatic carbocycles. The van der Waals surface area contributed by atoms with Crippen LogP contribution in [0.2, 0.25) is 0 Å². The fourth-order valence-electron chi connectivity index (χ4n) is 0.619. The van der Waals surface area contributed by atoms with Gasteiger partial charge in [-0.15, -0.1) is 0 Å². The first kappa shape index (κ1) is 10.6. The SMILES string of the molecule is C=CC(=O)C(/C=C\C(=C)F)=C/C. The van der Waals surface area contributed by atoms with Crippen molar-refractivity contribution in [3.63, 3.8) is 0 Å². The van der Waals surface area contributed by atoms with E-state index < -0.39 is 5.83 Å². The van der Waals surface area contributed by atoms with Gasteiger partial charge in [-0.2, -0.15) is 0 Å². The highest BCUT2D eigenvalue weighted by Crippen LogP contribution is 2.02. The topological polar surface area (TPSA) is 17.1 Å².